The number of amides is 1. The Labute approximate surface area is 164 Å². The Hall–Kier alpha value is -2.86. The van der Waals surface area contributed by atoms with Gasteiger partial charge in [-0.3, -0.25) is 4.79 Å². The molecule has 1 N–H and O–H groups in total. The number of hydrogen-bond acceptors (Lipinski definition) is 5. The molecule has 6 heteroatoms. The number of ether oxygens (including phenoxy) is 3. The number of carbonyl (C=O) groups excluding carboxylic acids is 2. The van der Waals surface area contributed by atoms with Crippen molar-refractivity contribution in [3.05, 3.63) is 65.7 Å². The first kappa shape index (κ1) is 19.9. The van der Waals surface area contributed by atoms with Crippen LogP contribution in [-0.2, 0) is 32.1 Å². The van der Waals surface area contributed by atoms with E-state index in [2.05, 4.69) is 5.32 Å². The zero-order valence-corrected chi connectivity index (χ0v) is 15.9. The van der Waals surface area contributed by atoms with E-state index in [-0.39, 0.29) is 5.91 Å². The second-order valence-electron chi connectivity index (χ2n) is 6.71. The lowest BCUT2D eigenvalue weighted by Gasteiger charge is -2.19. The fourth-order valence-electron chi connectivity index (χ4n) is 3.08. The average Bonchev–Trinajstić information content (AvgIpc) is 3.28. The van der Waals surface area contributed by atoms with Crippen LogP contribution >= 0.6 is 0 Å². The molecule has 0 aliphatic carbocycles. The Balaban J connectivity index is 1.57. The van der Waals surface area contributed by atoms with Crippen LogP contribution in [-0.4, -0.2) is 37.7 Å². The molecule has 1 heterocycles. The van der Waals surface area contributed by atoms with E-state index in [9.17, 15) is 9.59 Å². The third-order valence-electron chi connectivity index (χ3n) is 4.64. The van der Waals surface area contributed by atoms with Crippen LogP contribution in [0.3, 0.4) is 0 Å². The number of esters is 1. The maximum absolute atomic E-state index is 12.3. The van der Waals surface area contributed by atoms with Gasteiger partial charge >= 0.3 is 5.97 Å². The molecule has 1 aliphatic heterocycles. The predicted octanol–water partition coefficient (Wildman–Crippen LogP) is 2.64. The van der Waals surface area contributed by atoms with Gasteiger partial charge in [-0.05, 0) is 36.1 Å². The van der Waals surface area contributed by atoms with Crippen molar-refractivity contribution >= 4 is 11.9 Å². The van der Waals surface area contributed by atoms with E-state index in [1.54, 1.807) is 0 Å². The standard InChI is InChI=1S/C22H25NO5/c1-26-22(25)19(23-21(24)20-8-5-13-27-20)14-16-9-11-18(12-10-16)28-15-17-6-3-2-4-7-17/h2-4,6-7,9-12,19-20H,5,8,13-15H2,1H3,(H,23,24)/t19-,20-/m0/s1. The van der Waals surface area contributed by atoms with E-state index in [4.69, 9.17) is 14.2 Å². The van der Waals surface area contributed by atoms with Gasteiger partial charge in [0.2, 0.25) is 5.91 Å². The van der Waals surface area contributed by atoms with Crippen molar-refractivity contribution in [3.8, 4) is 5.75 Å². The van der Waals surface area contributed by atoms with E-state index in [1.165, 1.54) is 7.11 Å². The van der Waals surface area contributed by atoms with Gasteiger partial charge in [0.05, 0.1) is 7.11 Å². The highest BCUT2D eigenvalue weighted by molar-refractivity contribution is 5.87. The molecule has 2 aromatic rings. The average molecular weight is 383 g/mol. The van der Waals surface area contributed by atoms with Crippen LogP contribution < -0.4 is 10.1 Å². The number of nitrogens with one attached hydrogen (secondary N) is 1. The van der Waals surface area contributed by atoms with Crippen molar-refractivity contribution in [2.24, 2.45) is 0 Å². The van der Waals surface area contributed by atoms with Gasteiger partial charge in [0, 0.05) is 13.0 Å². The first-order valence-electron chi connectivity index (χ1n) is 9.41. The van der Waals surface area contributed by atoms with Crippen LogP contribution in [0.25, 0.3) is 0 Å². The second kappa shape index (κ2) is 9.90. The smallest absolute Gasteiger partial charge is 0.328 e. The summed E-state index contributed by atoms with van der Waals surface area (Å²) in [4.78, 5) is 24.4. The predicted molar refractivity (Wildman–Crippen MR) is 104 cm³/mol. The first-order chi connectivity index (χ1) is 13.7. The topological polar surface area (TPSA) is 73.9 Å². The highest BCUT2D eigenvalue weighted by Crippen LogP contribution is 2.17. The van der Waals surface area contributed by atoms with E-state index in [1.807, 2.05) is 54.6 Å². The number of carbonyl (C=O) groups is 2. The van der Waals surface area contributed by atoms with Gasteiger partial charge in [-0.1, -0.05) is 42.5 Å². The van der Waals surface area contributed by atoms with Crippen LogP contribution in [0.1, 0.15) is 24.0 Å². The van der Waals surface area contributed by atoms with Crippen molar-refractivity contribution in [1.29, 1.82) is 0 Å². The molecule has 2 aromatic carbocycles. The lowest BCUT2D eigenvalue weighted by molar-refractivity contribution is -0.146. The summed E-state index contributed by atoms with van der Waals surface area (Å²) in [6.45, 7) is 1.06. The summed E-state index contributed by atoms with van der Waals surface area (Å²) in [5, 5.41) is 2.75. The lowest BCUT2D eigenvalue weighted by Crippen LogP contribution is -2.47. The molecule has 0 aromatic heterocycles. The zero-order valence-electron chi connectivity index (χ0n) is 15.9. The molecular weight excluding hydrogens is 358 g/mol. The molecule has 3 rings (SSSR count). The minimum atomic E-state index is -0.752. The van der Waals surface area contributed by atoms with Gasteiger partial charge in [0.15, 0.2) is 0 Å². The highest BCUT2D eigenvalue weighted by atomic mass is 16.5. The summed E-state index contributed by atoms with van der Waals surface area (Å²) >= 11 is 0. The van der Waals surface area contributed by atoms with Gasteiger partial charge in [-0.25, -0.2) is 4.79 Å². The van der Waals surface area contributed by atoms with Crippen molar-refractivity contribution in [2.75, 3.05) is 13.7 Å². The minimum absolute atomic E-state index is 0.268. The molecule has 0 spiro atoms. The molecule has 1 amide bonds. The highest BCUT2D eigenvalue weighted by Gasteiger charge is 2.28. The Morgan fingerprint density at radius 3 is 2.50 bits per heavy atom. The summed E-state index contributed by atoms with van der Waals surface area (Å²) in [6, 6.07) is 16.6. The maximum atomic E-state index is 12.3. The molecule has 6 nitrogen and oxygen atoms in total. The van der Waals surface area contributed by atoms with Crippen LogP contribution in [0.5, 0.6) is 5.75 Å². The summed E-state index contributed by atoms with van der Waals surface area (Å²) in [5.41, 5.74) is 1.99. The molecule has 28 heavy (non-hydrogen) atoms. The number of methoxy groups -OCH3 is 1. The molecule has 1 fully saturated rings. The van der Waals surface area contributed by atoms with Crippen LogP contribution in [0, 0.1) is 0 Å². The number of benzene rings is 2. The van der Waals surface area contributed by atoms with Crippen LogP contribution in [0.2, 0.25) is 0 Å². The molecule has 1 saturated heterocycles. The Morgan fingerprint density at radius 2 is 1.86 bits per heavy atom. The summed E-state index contributed by atoms with van der Waals surface area (Å²) in [5.74, 6) is -0.00271. The normalized spacial score (nSPS) is 17.0. The molecule has 0 saturated carbocycles. The largest absolute Gasteiger partial charge is 0.489 e. The molecule has 148 valence electrons. The molecule has 0 unspecified atom stereocenters. The molecule has 0 radical (unpaired) electrons. The Bertz CT molecular complexity index is 769. The van der Waals surface area contributed by atoms with Crippen molar-refractivity contribution in [1.82, 2.24) is 5.32 Å². The number of rotatable bonds is 8. The van der Waals surface area contributed by atoms with E-state index in [0.29, 0.717) is 26.1 Å². The van der Waals surface area contributed by atoms with Crippen LogP contribution in [0.15, 0.2) is 54.6 Å². The molecule has 2 atom stereocenters. The fourth-order valence-corrected chi connectivity index (χ4v) is 3.08. The zero-order chi connectivity index (χ0) is 19.8. The van der Waals surface area contributed by atoms with Gasteiger partial charge in [0.25, 0.3) is 0 Å². The summed E-state index contributed by atoms with van der Waals surface area (Å²) in [7, 11) is 1.31. The Kier molecular flexibility index (Phi) is 7.03. The molecule has 0 bridgehead atoms. The van der Waals surface area contributed by atoms with Gasteiger partial charge in [-0.15, -0.1) is 0 Å². The third kappa shape index (κ3) is 5.57. The van der Waals surface area contributed by atoms with Gasteiger partial charge < -0.3 is 19.5 Å². The minimum Gasteiger partial charge on any atom is -0.489 e. The Morgan fingerprint density at radius 1 is 1.11 bits per heavy atom. The molecular formula is C22H25NO5. The lowest BCUT2D eigenvalue weighted by atomic mass is 10.1. The van der Waals surface area contributed by atoms with Crippen molar-refractivity contribution < 1.29 is 23.8 Å². The van der Waals surface area contributed by atoms with Gasteiger partial charge in [-0.2, -0.15) is 0 Å². The van der Waals surface area contributed by atoms with Crippen molar-refractivity contribution in [2.45, 2.75) is 38.0 Å². The van der Waals surface area contributed by atoms with E-state index < -0.39 is 18.1 Å². The summed E-state index contributed by atoms with van der Waals surface area (Å²) < 4.78 is 16.0. The van der Waals surface area contributed by atoms with Crippen LogP contribution in [0.4, 0.5) is 0 Å². The van der Waals surface area contributed by atoms with E-state index in [0.717, 1.165) is 23.3 Å². The fraction of sp³-hybridized carbons (Fsp3) is 0.364. The van der Waals surface area contributed by atoms with Crippen molar-refractivity contribution in [3.63, 3.8) is 0 Å². The maximum Gasteiger partial charge on any atom is 0.328 e. The quantitative estimate of drug-likeness (QED) is 0.710. The first-order valence-corrected chi connectivity index (χ1v) is 9.41. The van der Waals surface area contributed by atoms with E-state index >= 15 is 0 Å². The third-order valence-corrected chi connectivity index (χ3v) is 4.64. The summed E-state index contributed by atoms with van der Waals surface area (Å²) in [6.07, 6.45) is 1.38. The monoisotopic (exact) mass is 383 g/mol. The van der Waals surface area contributed by atoms with Gasteiger partial charge in [0.1, 0.15) is 24.5 Å². The SMILES string of the molecule is COC(=O)[C@H](Cc1ccc(OCc2ccccc2)cc1)NC(=O)[C@@H]1CCCO1. The second-order valence-corrected chi connectivity index (χ2v) is 6.71. The molecule has 1 aliphatic rings. The number of hydrogen-bond donors (Lipinski definition) is 1.